The van der Waals surface area contributed by atoms with E-state index in [1.807, 2.05) is 0 Å². The summed E-state index contributed by atoms with van der Waals surface area (Å²) < 4.78 is 5.80. The normalized spacial score (nSPS) is 30.4. The van der Waals surface area contributed by atoms with Gasteiger partial charge in [-0.25, -0.2) is 0 Å². The number of nitrogens with one attached hydrogen (secondary N) is 1. The van der Waals surface area contributed by atoms with Crippen molar-refractivity contribution in [1.29, 1.82) is 0 Å². The van der Waals surface area contributed by atoms with Crippen LogP contribution in [0.1, 0.15) is 43.6 Å². The number of hydrogen-bond donors (Lipinski definition) is 2. The third kappa shape index (κ3) is 1.89. The molecule has 3 rings (SSSR count). The molecule has 3 nitrogen and oxygen atoms in total. The Morgan fingerprint density at radius 2 is 2.25 bits per heavy atom. The van der Waals surface area contributed by atoms with Crippen LogP contribution in [0.3, 0.4) is 0 Å². The van der Waals surface area contributed by atoms with Gasteiger partial charge in [-0.15, -0.1) is 0 Å². The Morgan fingerprint density at radius 3 is 2.81 bits per heavy atom. The largest absolute Gasteiger partial charge is 0.464 e. The van der Waals surface area contributed by atoms with Crippen LogP contribution in [0.25, 0.3) is 0 Å². The average molecular weight is 221 g/mol. The Labute approximate surface area is 95.8 Å². The van der Waals surface area contributed by atoms with Gasteiger partial charge in [-0.1, -0.05) is 6.92 Å². The second kappa shape index (κ2) is 3.60. The summed E-state index contributed by atoms with van der Waals surface area (Å²) in [5.74, 6) is 3.58. The molecule has 0 amide bonds. The summed E-state index contributed by atoms with van der Waals surface area (Å²) in [6.07, 6.45) is 3.43. The maximum Gasteiger partial charge on any atom is 0.117 e. The molecule has 2 aliphatic carbocycles. The first-order valence-corrected chi connectivity index (χ1v) is 6.17. The highest BCUT2D eigenvalue weighted by Gasteiger charge is 2.41. The summed E-state index contributed by atoms with van der Waals surface area (Å²) in [7, 11) is 0. The van der Waals surface area contributed by atoms with Crippen molar-refractivity contribution < 1.29 is 9.52 Å². The van der Waals surface area contributed by atoms with Gasteiger partial charge in [0.1, 0.15) is 11.5 Å². The number of aliphatic hydroxyl groups excluding tert-OH is 1. The van der Waals surface area contributed by atoms with Crippen molar-refractivity contribution in [3.63, 3.8) is 0 Å². The Kier molecular flexibility index (Phi) is 2.33. The van der Waals surface area contributed by atoms with Crippen molar-refractivity contribution in [2.24, 2.45) is 5.92 Å². The molecule has 0 spiro atoms. The molecule has 0 aromatic carbocycles. The number of rotatable bonds is 5. The van der Waals surface area contributed by atoms with Gasteiger partial charge in [0, 0.05) is 11.5 Å². The van der Waals surface area contributed by atoms with E-state index in [1.165, 1.54) is 6.42 Å². The molecule has 0 bridgehead atoms. The lowest BCUT2D eigenvalue weighted by atomic mass is 10.2. The molecule has 2 fully saturated rings. The van der Waals surface area contributed by atoms with Crippen molar-refractivity contribution in [2.75, 3.05) is 6.61 Å². The molecule has 2 aliphatic rings. The highest BCUT2D eigenvalue weighted by atomic mass is 16.3. The van der Waals surface area contributed by atoms with E-state index in [-0.39, 0.29) is 12.1 Å². The van der Waals surface area contributed by atoms with Gasteiger partial charge in [-0.3, -0.25) is 0 Å². The monoisotopic (exact) mass is 221 g/mol. The zero-order valence-corrected chi connectivity index (χ0v) is 9.70. The van der Waals surface area contributed by atoms with E-state index in [0.29, 0.717) is 5.92 Å². The molecule has 2 atom stereocenters. The lowest BCUT2D eigenvalue weighted by Gasteiger charge is -2.12. The predicted octanol–water partition coefficient (Wildman–Crippen LogP) is 2.02. The molecule has 1 aromatic rings. The maximum atomic E-state index is 9.18. The van der Waals surface area contributed by atoms with Gasteiger partial charge in [-0.2, -0.15) is 0 Å². The summed E-state index contributed by atoms with van der Waals surface area (Å²) in [5, 5.41) is 12.6. The van der Waals surface area contributed by atoms with Crippen LogP contribution in [-0.4, -0.2) is 17.3 Å². The minimum Gasteiger partial charge on any atom is -0.464 e. The van der Waals surface area contributed by atoms with Crippen LogP contribution < -0.4 is 5.32 Å². The molecule has 0 aliphatic heterocycles. The van der Waals surface area contributed by atoms with E-state index in [0.717, 1.165) is 36.8 Å². The van der Waals surface area contributed by atoms with Crippen molar-refractivity contribution >= 4 is 0 Å². The Balaban J connectivity index is 1.56. The van der Waals surface area contributed by atoms with Crippen LogP contribution in [-0.2, 0) is 6.54 Å². The lowest BCUT2D eigenvalue weighted by molar-refractivity contribution is 0.226. The number of hydrogen-bond acceptors (Lipinski definition) is 3. The minimum absolute atomic E-state index is 0.000173. The van der Waals surface area contributed by atoms with Gasteiger partial charge in [0.2, 0.25) is 0 Å². The molecule has 1 aromatic heterocycles. The second-order valence-corrected chi connectivity index (χ2v) is 5.42. The predicted molar refractivity (Wildman–Crippen MR) is 61.1 cm³/mol. The molecule has 2 N–H and O–H groups in total. The van der Waals surface area contributed by atoms with Crippen LogP contribution in [0, 0.1) is 5.92 Å². The van der Waals surface area contributed by atoms with Crippen molar-refractivity contribution in [2.45, 2.75) is 44.2 Å². The first kappa shape index (κ1) is 10.4. The van der Waals surface area contributed by atoms with Crippen LogP contribution in [0.5, 0.6) is 0 Å². The molecule has 16 heavy (non-hydrogen) atoms. The summed E-state index contributed by atoms with van der Waals surface area (Å²) in [5.41, 5.74) is -0.000173. The molecular formula is C13H19NO2. The van der Waals surface area contributed by atoms with Crippen molar-refractivity contribution in [1.82, 2.24) is 5.32 Å². The van der Waals surface area contributed by atoms with E-state index in [2.05, 4.69) is 24.4 Å². The number of furan rings is 1. The lowest BCUT2D eigenvalue weighted by Crippen LogP contribution is -2.33. The smallest absolute Gasteiger partial charge is 0.117 e. The Hall–Kier alpha value is -0.800. The Morgan fingerprint density at radius 1 is 1.50 bits per heavy atom. The molecule has 2 saturated carbocycles. The molecule has 0 saturated heterocycles. The van der Waals surface area contributed by atoms with E-state index in [1.54, 1.807) is 0 Å². The van der Waals surface area contributed by atoms with Gasteiger partial charge in [0.15, 0.2) is 0 Å². The molecular weight excluding hydrogens is 202 g/mol. The zero-order chi connectivity index (χ0) is 11.2. The average Bonchev–Trinajstić information content (AvgIpc) is 3.18. The highest BCUT2D eigenvalue weighted by molar-refractivity contribution is 5.18. The quantitative estimate of drug-likeness (QED) is 0.799. The van der Waals surface area contributed by atoms with Gasteiger partial charge in [0.25, 0.3) is 0 Å². The topological polar surface area (TPSA) is 45.4 Å². The fraction of sp³-hybridized carbons (Fsp3) is 0.692. The summed E-state index contributed by atoms with van der Waals surface area (Å²) in [6, 6.07) is 4.16. The fourth-order valence-corrected chi connectivity index (χ4v) is 2.22. The van der Waals surface area contributed by atoms with Gasteiger partial charge < -0.3 is 14.8 Å². The first-order chi connectivity index (χ1) is 7.72. The van der Waals surface area contributed by atoms with E-state index < -0.39 is 0 Å². The van der Waals surface area contributed by atoms with E-state index in [9.17, 15) is 5.11 Å². The van der Waals surface area contributed by atoms with Crippen LogP contribution in [0.15, 0.2) is 16.5 Å². The van der Waals surface area contributed by atoms with Crippen molar-refractivity contribution in [3.8, 4) is 0 Å². The third-order valence-electron chi connectivity index (χ3n) is 3.95. The maximum absolute atomic E-state index is 9.18. The summed E-state index contributed by atoms with van der Waals surface area (Å²) >= 11 is 0. The fourth-order valence-electron chi connectivity index (χ4n) is 2.22. The van der Waals surface area contributed by atoms with Crippen molar-refractivity contribution in [3.05, 3.63) is 23.7 Å². The van der Waals surface area contributed by atoms with Gasteiger partial charge in [0.05, 0.1) is 13.2 Å². The minimum atomic E-state index is -0.000173. The molecule has 3 heteroatoms. The molecule has 2 unspecified atom stereocenters. The van der Waals surface area contributed by atoms with Gasteiger partial charge in [-0.05, 0) is 37.3 Å². The number of aliphatic hydroxyl groups is 1. The first-order valence-electron chi connectivity index (χ1n) is 6.17. The standard InChI is InChI=1S/C13H19NO2/c1-9-6-11(9)12-3-2-10(16-12)7-14-13(8-15)4-5-13/h2-3,9,11,14-15H,4-8H2,1H3. The Bertz CT molecular complexity index is 381. The zero-order valence-electron chi connectivity index (χ0n) is 9.70. The SMILES string of the molecule is CC1CC1c1ccc(CNC2(CO)CC2)o1. The molecule has 1 heterocycles. The van der Waals surface area contributed by atoms with Gasteiger partial charge >= 0.3 is 0 Å². The summed E-state index contributed by atoms with van der Waals surface area (Å²) in [4.78, 5) is 0. The van der Waals surface area contributed by atoms with Crippen LogP contribution in [0.2, 0.25) is 0 Å². The third-order valence-corrected chi connectivity index (χ3v) is 3.95. The highest BCUT2D eigenvalue weighted by Crippen LogP contribution is 2.47. The summed E-state index contributed by atoms with van der Waals surface area (Å²) in [6.45, 7) is 3.23. The second-order valence-electron chi connectivity index (χ2n) is 5.42. The van der Waals surface area contributed by atoms with E-state index >= 15 is 0 Å². The van der Waals surface area contributed by atoms with Crippen LogP contribution in [0.4, 0.5) is 0 Å². The molecule has 88 valence electrons. The van der Waals surface area contributed by atoms with E-state index in [4.69, 9.17) is 4.42 Å². The molecule has 0 radical (unpaired) electrons. The van der Waals surface area contributed by atoms with Crippen LogP contribution >= 0.6 is 0 Å².